The molecule has 0 saturated carbocycles. The van der Waals surface area contributed by atoms with Crippen LogP contribution >= 0.6 is 0 Å². The third-order valence-electron chi connectivity index (χ3n) is 5.89. The molecule has 0 aliphatic carbocycles. The summed E-state index contributed by atoms with van der Waals surface area (Å²) in [6.45, 7) is 4.54. The Morgan fingerprint density at radius 1 is 0.650 bits per heavy atom. The smallest absolute Gasteiger partial charge is 0.343 e. The van der Waals surface area contributed by atoms with Crippen molar-refractivity contribution in [2.24, 2.45) is 0 Å². The number of hydrogen-bond donors (Lipinski definition) is 0. The van der Waals surface area contributed by atoms with E-state index in [0.717, 1.165) is 37.3 Å². The van der Waals surface area contributed by atoms with Crippen LogP contribution in [0.4, 0.5) is 0 Å². The molecule has 0 saturated heterocycles. The molecule has 3 rings (SSSR count). The molecule has 0 N–H and O–H groups in total. The maximum absolute atomic E-state index is 12.5. The summed E-state index contributed by atoms with van der Waals surface area (Å²) in [7, 11) is 1.57. The SMILES string of the molecule is C=CC(=O)OCCCCCCOc1ccc(C(=O)Oc2ccc(CCOC(=O)c3ccc(OC)cc3)cc2)cc1. The second-order valence-corrected chi connectivity index (χ2v) is 8.81. The molecule has 3 aromatic rings. The molecule has 8 heteroatoms. The van der Waals surface area contributed by atoms with Crippen molar-refractivity contribution in [1.82, 2.24) is 0 Å². The van der Waals surface area contributed by atoms with Gasteiger partial charge in [0.05, 0.1) is 38.1 Å². The molecule has 0 bridgehead atoms. The van der Waals surface area contributed by atoms with Gasteiger partial charge in [0.2, 0.25) is 0 Å². The van der Waals surface area contributed by atoms with Crippen molar-refractivity contribution in [1.29, 1.82) is 0 Å². The molecule has 40 heavy (non-hydrogen) atoms. The van der Waals surface area contributed by atoms with E-state index in [9.17, 15) is 14.4 Å². The van der Waals surface area contributed by atoms with E-state index < -0.39 is 17.9 Å². The molecular formula is C32H34O8. The van der Waals surface area contributed by atoms with E-state index in [1.807, 2.05) is 12.1 Å². The largest absolute Gasteiger partial charge is 0.497 e. The predicted molar refractivity (Wildman–Crippen MR) is 150 cm³/mol. The van der Waals surface area contributed by atoms with Gasteiger partial charge in [0.15, 0.2) is 0 Å². The Hall–Kier alpha value is -4.59. The zero-order valence-corrected chi connectivity index (χ0v) is 22.6. The number of methoxy groups -OCH3 is 1. The van der Waals surface area contributed by atoms with Gasteiger partial charge in [-0.15, -0.1) is 0 Å². The van der Waals surface area contributed by atoms with E-state index in [0.29, 0.717) is 48.0 Å². The minimum atomic E-state index is -0.468. The van der Waals surface area contributed by atoms with Crippen molar-refractivity contribution >= 4 is 17.9 Å². The highest BCUT2D eigenvalue weighted by atomic mass is 16.5. The molecule has 0 aromatic heterocycles. The lowest BCUT2D eigenvalue weighted by atomic mass is 10.1. The highest BCUT2D eigenvalue weighted by molar-refractivity contribution is 5.91. The fourth-order valence-corrected chi connectivity index (χ4v) is 3.63. The lowest BCUT2D eigenvalue weighted by Crippen LogP contribution is -2.09. The summed E-state index contributed by atoms with van der Waals surface area (Å²) in [5.74, 6) is 0.504. The lowest BCUT2D eigenvalue weighted by Gasteiger charge is -2.09. The zero-order valence-electron chi connectivity index (χ0n) is 22.6. The molecule has 0 spiro atoms. The number of unbranched alkanes of at least 4 members (excludes halogenated alkanes) is 3. The number of esters is 3. The average molecular weight is 547 g/mol. The third-order valence-corrected chi connectivity index (χ3v) is 5.89. The van der Waals surface area contributed by atoms with Crippen molar-refractivity contribution in [2.45, 2.75) is 32.1 Å². The molecule has 8 nitrogen and oxygen atoms in total. The summed E-state index contributed by atoms with van der Waals surface area (Å²) >= 11 is 0. The Balaban J connectivity index is 1.33. The Morgan fingerprint density at radius 2 is 1.23 bits per heavy atom. The Morgan fingerprint density at radius 3 is 1.85 bits per heavy atom. The summed E-state index contributed by atoms with van der Waals surface area (Å²) < 4.78 is 26.6. The molecule has 0 unspecified atom stereocenters. The van der Waals surface area contributed by atoms with Crippen molar-refractivity contribution in [3.05, 3.63) is 102 Å². The van der Waals surface area contributed by atoms with E-state index in [2.05, 4.69) is 6.58 Å². The van der Waals surface area contributed by atoms with Gasteiger partial charge in [-0.05, 0) is 91.9 Å². The van der Waals surface area contributed by atoms with Crippen molar-refractivity contribution in [2.75, 3.05) is 26.9 Å². The second-order valence-electron chi connectivity index (χ2n) is 8.81. The molecule has 0 aliphatic rings. The van der Waals surface area contributed by atoms with E-state index in [4.69, 9.17) is 23.7 Å². The number of carbonyl (C=O) groups excluding carboxylic acids is 3. The van der Waals surface area contributed by atoms with E-state index in [1.165, 1.54) is 0 Å². The van der Waals surface area contributed by atoms with Crippen molar-refractivity contribution < 1.29 is 38.1 Å². The highest BCUT2D eigenvalue weighted by Crippen LogP contribution is 2.18. The standard InChI is InChI=1S/C32H34O8/c1-3-30(33)38-22-7-5-4-6-21-37-28-18-12-26(13-19-28)32(35)40-29-14-8-24(9-15-29)20-23-39-31(34)25-10-16-27(36-2)17-11-25/h3,8-19H,1,4-7,20-23H2,2H3. The molecule has 0 heterocycles. The summed E-state index contributed by atoms with van der Waals surface area (Å²) in [5.41, 5.74) is 1.82. The van der Waals surface area contributed by atoms with Gasteiger partial charge in [0, 0.05) is 12.5 Å². The number of ether oxygens (including phenoxy) is 5. The first-order valence-corrected chi connectivity index (χ1v) is 13.1. The van der Waals surface area contributed by atoms with Gasteiger partial charge in [-0.25, -0.2) is 14.4 Å². The van der Waals surface area contributed by atoms with Gasteiger partial charge in [-0.1, -0.05) is 18.7 Å². The van der Waals surface area contributed by atoms with E-state index in [1.54, 1.807) is 67.8 Å². The molecule has 0 atom stereocenters. The molecular weight excluding hydrogens is 512 g/mol. The molecule has 0 radical (unpaired) electrons. The first-order chi connectivity index (χ1) is 19.5. The number of hydrogen-bond acceptors (Lipinski definition) is 8. The topological polar surface area (TPSA) is 97.4 Å². The van der Waals surface area contributed by atoms with E-state index >= 15 is 0 Å². The van der Waals surface area contributed by atoms with Crippen LogP contribution in [0, 0.1) is 0 Å². The van der Waals surface area contributed by atoms with Gasteiger partial charge >= 0.3 is 17.9 Å². The van der Waals surface area contributed by atoms with Gasteiger partial charge in [0.1, 0.15) is 17.2 Å². The van der Waals surface area contributed by atoms with Gasteiger partial charge < -0.3 is 23.7 Å². The summed E-state index contributed by atoms with van der Waals surface area (Å²) in [5, 5.41) is 0. The zero-order chi connectivity index (χ0) is 28.6. The first-order valence-electron chi connectivity index (χ1n) is 13.1. The van der Waals surface area contributed by atoms with Gasteiger partial charge in [0.25, 0.3) is 0 Å². The van der Waals surface area contributed by atoms with Crippen LogP contribution in [-0.2, 0) is 20.7 Å². The number of benzene rings is 3. The summed E-state index contributed by atoms with van der Waals surface area (Å²) in [4.78, 5) is 35.6. The van der Waals surface area contributed by atoms with Crippen LogP contribution in [-0.4, -0.2) is 44.8 Å². The van der Waals surface area contributed by atoms with Crippen LogP contribution in [0.25, 0.3) is 0 Å². The lowest BCUT2D eigenvalue weighted by molar-refractivity contribution is -0.137. The van der Waals surface area contributed by atoms with Crippen molar-refractivity contribution in [3.63, 3.8) is 0 Å². The average Bonchev–Trinajstić information content (AvgIpc) is 2.99. The first kappa shape index (κ1) is 30.0. The van der Waals surface area contributed by atoms with E-state index in [-0.39, 0.29) is 6.61 Å². The normalized spacial score (nSPS) is 10.3. The second kappa shape index (κ2) is 16.4. The monoisotopic (exact) mass is 546 g/mol. The maximum atomic E-state index is 12.5. The van der Waals surface area contributed by atoms with Crippen LogP contribution in [0.3, 0.4) is 0 Å². The summed E-state index contributed by atoms with van der Waals surface area (Å²) in [6.07, 6.45) is 5.27. The molecule has 3 aromatic carbocycles. The molecule has 0 amide bonds. The van der Waals surface area contributed by atoms with Crippen LogP contribution in [0.2, 0.25) is 0 Å². The Bertz CT molecular complexity index is 1230. The predicted octanol–water partition coefficient (Wildman–Crippen LogP) is 5.98. The molecule has 0 fully saturated rings. The highest BCUT2D eigenvalue weighted by Gasteiger charge is 2.10. The van der Waals surface area contributed by atoms with Gasteiger partial charge in [-0.3, -0.25) is 0 Å². The van der Waals surface area contributed by atoms with Crippen molar-refractivity contribution in [3.8, 4) is 17.2 Å². The fraction of sp³-hybridized carbons (Fsp3) is 0.281. The number of rotatable bonds is 16. The quantitative estimate of drug-likeness (QED) is 0.0937. The minimum Gasteiger partial charge on any atom is -0.497 e. The molecule has 0 aliphatic heterocycles. The summed E-state index contributed by atoms with van der Waals surface area (Å²) in [6, 6.07) is 20.6. The van der Waals surface area contributed by atoms with Crippen LogP contribution < -0.4 is 14.2 Å². The fourth-order valence-electron chi connectivity index (χ4n) is 3.63. The number of carbonyl (C=O) groups is 3. The third kappa shape index (κ3) is 10.3. The minimum absolute atomic E-state index is 0.228. The van der Waals surface area contributed by atoms with Crippen LogP contribution in [0.15, 0.2) is 85.5 Å². The van der Waals surface area contributed by atoms with Crippen LogP contribution in [0.5, 0.6) is 17.2 Å². The maximum Gasteiger partial charge on any atom is 0.343 e. The Labute approximate surface area is 234 Å². The Kier molecular flexibility index (Phi) is 12.3. The van der Waals surface area contributed by atoms with Crippen LogP contribution in [0.1, 0.15) is 52.0 Å². The van der Waals surface area contributed by atoms with Gasteiger partial charge in [-0.2, -0.15) is 0 Å². The molecule has 210 valence electrons.